The minimum absolute atomic E-state index is 0.140. The van der Waals surface area contributed by atoms with Crippen molar-refractivity contribution < 1.29 is 27.5 Å². The SMILES string of the molecule is CCCCCNC(=O)C(c1ccccc1)N(Cc1ccc(Cl)cc1)C(=O)COc1ccc(S(=O)(=O)N2CCOCC2)cc1. The van der Waals surface area contributed by atoms with Gasteiger partial charge in [0, 0.05) is 31.2 Å². The van der Waals surface area contributed by atoms with E-state index < -0.39 is 22.0 Å². The van der Waals surface area contributed by atoms with Gasteiger partial charge in [-0.05, 0) is 53.9 Å². The Labute approximate surface area is 258 Å². The summed E-state index contributed by atoms with van der Waals surface area (Å²) in [6.07, 6.45) is 2.86. The normalized spacial score (nSPS) is 14.6. The molecule has 1 saturated heterocycles. The second-order valence-corrected chi connectivity index (χ2v) is 12.6. The van der Waals surface area contributed by atoms with E-state index in [0.29, 0.717) is 49.2 Å². The van der Waals surface area contributed by atoms with Crippen molar-refractivity contribution >= 4 is 33.4 Å². The van der Waals surface area contributed by atoms with Gasteiger partial charge >= 0.3 is 0 Å². The molecular weight excluding hydrogens is 590 g/mol. The number of carbonyl (C=O) groups is 2. The van der Waals surface area contributed by atoms with E-state index in [1.165, 1.54) is 33.5 Å². The predicted molar refractivity (Wildman–Crippen MR) is 165 cm³/mol. The Morgan fingerprint density at radius 2 is 1.65 bits per heavy atom. The maximum Gasteiger partial charge on any atom is 0.261 e. The van der Waals surface area contributed by atoms with Crippen molar-refractivity contribution in [1.82, 2.24) is 14.5 Å². The van der Waals surface area contributed by atoms with E-state index in [2.05, 4.69) is 12.2 Å². The maximum atomic E-state index is 13.8. The van der Waals surface area contributed by atoms with Crippen LogP contribution in [0.2, 0.25) is 5.02 Å². The molecule has 0 bridgehead atoms. The first-order valence-electron chi connectivity index (χ1n) is 14.5. The second kappa shape index (κ2) is 15.9. The third-order valence-electron chi connectivity index (χ3n) is 7.14. The number of morpholine rings is 1. The zero-order valence-corrected chi connectivity index (χ0v) is 25.9. The van der Waals surface area contributed by atoms with Crippen molar-refractivity contribution in [2.24, 2.45) is 0 Å². The van der Waals surface area contributed by atoms with Crippen LogP contribution in [-0.2, 0) is 30.9 Å². The van der Waals surface area contributed by atoms with Crippen LogP contribution in [0.3, 0.4) is 0 Å². The van der Waals surface area contributed by atoms with Gasteiger partial charge in [-0.15, -0.1) is 0 Å². The van der Waals surface area contributed by atoms with Crippen LogP contribution in [0.15, 0.2) is 83.8 Å². The number of hydrogen-bond donors (Lipinski definition) is 1. The average Bonchev–Trinajstić information content (AvgIpc) is 3.03. The van der Waals surface area contributed by atoms with Crippen LogP contribution >= 0.6 is 11.6 Å². The third-order valence-corrected chi connectivity index (χ3v) is 9.30. The van der Waals surface area contributed by atoms with Crippen molar-refractivity contribution in [2.75, 3.05) is 39.5 Å². The zero-order valence-electron chi connectivity index (χ0n) is 24.3. The van der Waals surface area contributed by atoms with E-state index in [0.717, 1.165) is 24.8 Å². The van der Waals surface area contributed by atoms with Crippen molar-refractivity contribution in [2.45, 2.75) is 43.7 Å². The molecule has 1 unspecified atom stereocenters. The monoisotopic (exact) mass is 627 g/mol. The number of unbranched alkanes of at least 4 members (excludes halogenated alkanes) is 2. The lowest BCUT2D eigenvalue weighted by atomic mass is 10.0. The molecule has 3 aromatic rings. The minimum Gasteiger partial charge on any atom is -0.484 e. The van der Waals surface area contributed by atoms with Crippen LogP contribution < -0.4 is 10.1 Å². The molecule has 43 heavy (non-hydrogen) atoms. The fourth-order valence-corrected chi connectivity index (χ4v) is 6.31. The Balaban J connectivity index is 1.54. The lowest BCUT2D eigenvalue weighted by Gasteiger charge is -2.31. The molecule has 2 amide bonds. The van der Waals surface area contributed by atoms with Crippen molar-refractivity contribution in [3.8, 4) is 5.75 Å². The molecule has 0 saturated carbocycles. The topological polar surface area (TPSA) is 105 Å². The fraction of sp³-hybridized carbons (Fsp3) is 0.375. The smallest absolute Gasteiger partial charge is 0.261 e. The summed E-state index contributed by atoms with van der Waals surface area (Å²) >= 11 is 6.09. The van der Waals surface area contributed by atoms with Gasteiger partial charge in [-0.3, -0.25) is 9.59 Å². The number of halogens is 1. The quantitative estimate of drug-likeness (QED) is 0.257. The molecule has 1 aliphatic rings. The molecule has 1 N–H and O–H groups in total. The van der Waals surface area contributed by atoms with E-state index in [4.69, 9.17) is 21.1 Å². The van der Waals surface area contributed by atoms with Crippen LogP contribution in [0.25, 0.3) is 0 Å². The van der Waals surface area contributed by atoms with E-state index in [9.17, 15) is 18.0 Å². The highest BCUT2D eigenvalue weighted by Gasteiger charge is 2.32. The van der Waals surface area contributed by atoms with Gasteiger partial charge in [0.05, 0.1) is 18.1 Å². The lowest BCUT2D eigenvalue weighted by Crippen LogP contribution is -2.45. The Kier molecular flexibility index (Phi) is 12.0. The molecule has 1 atom stereocenters. The molecule has 1 fully saturated rings. The number of sulfonamides is 1. The van der Waals surface area contributed by atoms with Gasteiger partial charge in [0.25, 0.3) is 5.91 Å². The van der Waals surface area contributed by atoms with Crippen molar-refractivity contribution in [3.05, 3.63) is 95.0 Å². The number of amides is 2. The van der Waals surface area contributed by atoms with Crippen molar-refractivity contribution in [1.29, 1.82) is 0 Å². The molecule has 3 aromatic carbocycles. The Morgan fingerprint density at radius 3 is 2.30 bits per heavy atom. The predicted octanol–water partition coefficient (Wildman–Crippen LogP) is 4.82. The molecule has 4 rings (SSSR count). The van der Waals surface area contributed by atoms with Crippen LogP contribution in [0.1, 0.15) is 43.4 Å². The first kappa shape index (κ1) is 32.5. The maximum absolute atomic E-state index is 13.8. The first-order chi connectivity index (χ1) is 20.8. The summed E-state index contributed by atoms with van der Waals surface area (Å²) < 4.78 is 38.4. The number of benzene rings is 3. The average molecular weight is 628 g/mol. The summed E-state index contributed by atoms with van der Waals surface area (Å²) in [4.78, 5) is 29.0. The van der Waals surface area contributed by atoms with Gasteiger partial charge in [0.15, 0.2) is 6.61 Å². The number of carbonyl (C=O) groups excluding carboxylic acids is 2. The van der Waals surface area contributed by atoms with Crippen molar-refractivity contribution in [3.63, 3.8) is 0 Å². The summed E-state index contributed by atoms with van der Waals surface area (Å²) in [6.45, 7) is 3.72. The molecular formula is C32H38ClN3O6S. The van der Waals surface area contributed by atoms with E-state index in [-0.39, 0.29) is 24.0 Å². The van der Waals surface area contributed by atoms with E-state index in [1.807, 2.05) is 42.5 Å². The Hall–Kier alpha value is -3.44. The number of nitrogens with one attached hydrogen (secondary N) is 1. The van der Waals surface area contributed by atoms with E-state index >= 15 is 0 Å². The highest BCUT2D eigenvalue weighted by Crippen LogP contribution is 2.26. The summed E-state index contributed by atoms with van der Waals surface area (Å²) in [5, 5.41) is 3.57. The molecule has 0 spiro atoms. The molecule has 1 aliphatic heterocycles. The summed E-state index contributed by atoms with van der Waals surface area (Å²) in [5.74, 6) is -0.346. The van der Waals surface area contributed by atoms with Gasteiger partial charge < -0.3 is 19.7 Å². The highest BCUT2D eigenvalue weighted by molar-refractivity contribution is 7.89. The van der Waals surface area contributed by atoms with Crippen LogP contribution in [0.4, 0.5) is 0 Å². The molecule has 11 heteroatoms. The van der Waals surface area contributed by atoms with Gasteiger partial charge in [-0.1, -0.05) is 73.8 Å². The van der Waals surface area contributed by atoms with Gasteiger partial charge in [-0.25, -0.2) is 8.42 Å². The molecule has 0 aliphatic carbocycles. The largest absolute Gasteiger partial charge is 0.484 e. The number of ether oxygens (including phenoxy) is 2. The number of hydrogen-bond acceptors (Lipinski definition) is 6. The highest BCUT2D eigenvalue weighted by atomic mass is 35.5. The molecule has 0 aromatic heterocycles. The first-order valence-corrected chi connectivity index (χ1v) is 16.3. The molecule has 230 valence electrons. The summed E-state index contributed by atoms with van der Waals surface area (Å²) in [6, 6.07) is 21.4. The summed E-state index contributed by atoms with van der Waals surface area (Å²) in [7, 11) is -3.66. The second-order valence-electron chi connectivity index (χ2n) is 10.2. The number of rotatable bonds is 14. The van der Waals surface area contributed by atoms with Crippen LogP contribution in [0, 0.1) is 0 Å². The number of nitrogens with zero attached hydrogens (tertiary/aromatic N) is 2. The molecule has 0 radical (unpaired) electrons. The van der Waals surface area contributed by atoms with Gasteiger partial charge in [0.1, 0.15) is 11.8 Å². The van der Waals surface area contributed by atoms with Crippen LogP contribution in [0.5, 0.6) is 5.75 Å². The minimum atomic E-state index is -3.66. The zero-order chi connectivity index (χ0) is 30.7. The van der Waals surface area contributed by atoms with Gasteiger partial charge in [0.2, 0.25) is 15.9 Å². The molecule has 9 nitrogen and oxygen atoms in total. The van der Waals surface area contributed by atoms with Crippen LogP contribution in [-0.4, -0.2) is 68.9 Å². The molecule has 1 heterocycles. The standard InChI is InChI=1S/C32H38ClN3O6S/c1-2-3-7-18-34-32(38)31(26-8-5-4-6-9-26)36(23-25-10-12-27(33)13-11-25)30(37)24-42-28-14-16-29(17-15-28)43(39,40)35-19-21-41-22-20-35/h4-6,8-17,31H,2-3,7,18-24H2,1H3,(H,34,38). The third kappa shape index (κ3) is 9.03. The fourth-order valence-electron chi connectivity index (χ4n) is 4.77. The summed E-state index contributed by atoms with van der Waals surface area (Å²) in [5.41, 5.74) is 1.48. The Morgan fingerprint density at radius 1 is 0.977 bits per heavy atom. The Bertz CT molecular complexity index is 1430. The lowest BCUT2D eigenvalue weighted by molar-refractivity contribution is -0.143. The van der Waals surface area contributed by atoms with Gasteiger partial charge in [-0.2, -0.15) is 4.31 Å². The van der Waals surface area contributed by atoms with E-state index in [1.54, 1.807) is 12.1 Å².